The van der Waals surface area contributed by atoms with E-state index in [-0.39, 0.29) is 5.88 Å². The molecule has 0 saturated carbocycles. The number of nitrogens with one attached hydrogen (secondary N) is 1. The summed E-state index contributed by atoms with van der Waals surface area (Å²) in [4.78, 5) is 7.66. The van der Waals surface area contributed by atoms with E-state index in [4.69, 9.17) is 16.6 Å². The van der Waals surface area contributed by atoms with Crippen molar-refractivity contribution in [3.05, 3.63) is 33.0 Å². The number of rotatable bonds is 3. The lowest BCUT2D eigenvalue weighted by molar-refractivity contribution is 0.455. The molecule has 0 atom stereocenters. The Kier molecular flexibility index (Phi) is 3.21. The standard InChI is InChI=1S/C10H10N2O2S2/c1-6(8-9(13)12-10(15)16-8)11-5-7-3-2-4-14-7/h2-4,13H,5H2,1H3,(H,12,15). The molecule has 84 valence electrons. The number of H-pyrrole nitrogens is 1. The van der Waals surface area contributed by atoms with Crippen LogP contribution in [0.2, 0.25) is 0 Å². The van der Waals surface area contributed by atoms with E-state index in [0.29, 0.717) is 15.4 Å². The summed E-state index contributed by atoms with van der Waals surface area (Å²) in [5.41, 5.74) is 0.742. The molecule has 2 aromatic heterocycles. The zero-order valence-electron chi connectivity index (χ0n) is 8.56. The van der Waals surface area contributed by atoms with Crippen molar-refractivity contribution in [2.75, 3.05) is 0 Å². The molecule has 0 radical (unpaired) electrons. The van der Waals surface area contributed by atoms with Gasteiger partial charge in [-0.05, 0) is 31.3 Å². The maximum absolute atomic E-state index is 9.54. The summed E-state index contributed by atoms with van der Waals surface area (Å²) in [6, 6.07) is 3.67. The van der Waals surface area contributed by atoms with E-state index in [1.54, 1.807) is 6.26 Å². The van der Waals surface area contributed by atoms with E-state index in [2.05, 4.69) is 9.98 Å². The van der Waals surface area contributed by atoms with Crippen molar-refractivity contribution < 1.29 is 9.52 Å². The van der Waals surface area contributed by atoms with Gasteiger partial charge in [-0.25, -0.2) is 0 Å². The van der Waals surface area contributed by atoms with Crippen molar-refractivity contribution in [2.45, 2.75) is 13.5 Å². The molecule has 0 saturated heterocycles. The number of aromatic nitrogens is 1. The van der Waals surface area contributed by atoms with Crippen molar-refractivity contribution in [3.8, 4) is 5.88 Å². The van der Waals surface area contributed by atoms with Crippen LogP contribution < -0.4 is 0 Å². The smallest absolute Gasteiger partial charge is 0.209 e. The Bertz CT molecular complexity index is 552. The highest BCUT2D eigenvalue weighted by Gasteiger charge is 2.08. The van der Waals surface area contributed by atoms with Crippen LogP contribution in [0, 0.1) is 3.95 Å². The fourth-order valence-electron chi connectivity index (χ4n) is 1.24. The average Bonchev–Trinajstić information content (AvgIpc) is 2.84. The highest BCUT2D eigenvalue weighted by molar-refractivity contribution is 7.73. The Hall–Kier alpha value is -1.40. The van der Waals surface area contributed by atoms with Gasteiger partial charge in [0, 0.05) is 0 Å². The van der Waals surface area contributed by atoms with Crippen LogP contribution >= 0.6 is 23.6 Å². The van der Waals surface area contributed by atoms with Crippen molar-refractivity contribution in [1.29, 1.82) is 0 Å². The van der Waals surface area contributed by atoms with Crippen molar-refractivity contribution in [2.24, 2.45) is 4.99 Å². The Balaban J connectivity index is 2.18. The molecule has 2 rings (SSSR count). The number of aromatic amines is 1. The summed E-state index contributed by atoms with van der Waals surface area (Å²) < 4.78 is 5.70. The molecule has 16 heavy (non-hydrogen) atoms. The fraction of sp³-hybridized carbons (Fsp3) is 0.200. The minimum absolute atomic E-state index is 0.0793. The first-order valence-electron chi connectivity index (χ1n) is 4.62. The molecule has 0 aliphatic heterocycles. The van der Waals surface area contributed by atoms with Crippen LogP contribution in [0.1, 0.15) is 17.6 Å². The second-order valence-corrected chi connectivity index (χ2v) is 4.86. The lowest BCUT2D eigenvalue weighted by Crippen LogP contribution is -1.92. The Labute approximate surface area is 101 Å². The monoisotopic (exact) mass is 254 g/mol. The van der Waals surface area contributed by atoms with Gasteiger partial charge in [0.05, 0.1) is 18.5 Å². The zero-order valence-corrected chi connectivity index (χ0v) is 10.2. The average molecular weight is 254 g/mol. The predicted octanol–water partition coefficient (Wildman–Crippen LogP) is 3.11. The third kappa shape index (κ3) is 2.40. The minimum atomic E-state index is 0.0793. The maximum atomic E-state index is 9.54. The third-order valence-electron chi connectivity index (χ3n) is 2.01. The van der Waals surface area contributed by atoms with Crippen LogP contribution in [-0.2, 0) is 6.54 Å². The predicted molar refractivity (Wildman–Crippen MR) is 65.8 cm³/mol. The van der Waals surface area contributed by atoms with E-state index >= 15 is 0 Å². The van der Waals surface area contributed by atoms with Crippen LogP contribution in [0.25, 0.3) is 0 Å². The van der Waals surface area contributed by atoms with Crippen LogP contribution in [0.15, 0.2) is 27.8 Å². The summed E-state index contributed by atoms with van der Waals surface area (Å²) in [5, 5.41) is 9.54. The van der Waals surface area contributed by atoms with E-state index in [9.17, 15) is 5.11 Å². The topological polar surface area (TPSA) is 61.5 Å². The summed E-state index contributed by atoms with van der Waals surface area (Å²) in [6.45, 7) is 2.29. The molecule has 2 heterocycles. The first-order chi connectivity index (χ1) is 7.66. The van der Waals surface area contributed by atoms with Gasteiger partial charge in [0.1, 0.15) is 10.6 Å². The molecule has 0 aliphatic rings. The third-order valence-corrected chi connectivity index (χ3v) is 3.34. The number of aromatic hydroxyl groups is 1. The zero-order chi connectivity index (χ0) is 11.5. The molecule has 0 amide bonds. The number of aliphatic imine (C=N–C) groups is 1. The molecule has 0 aromatic carbocycles. The van der Waals surface area contributed by atoms with Crippen LogP contribution in [0.4, 0.5) is 0 Å². The number of hydrogen-bond donors (Lipinski definition) is 2. The summed E-state index contributed by atoms with van der Waals surface area (Å²) in [6.07, 6.45) is 1.61. The Morgan fingerprint density at radius 3 is 3.06 bits per heavy atom. The molecular formula is C10H10N2O2S2. The molecule has 0 spiro atoms. The lowest BCUT2D eigenvalue weighted by Gasteiger charge is -1.96. The second kappa shape index (κ2) is 4.63. The summed E-state index contributed by atoms with van der Waals surface area (Å²) in [7, 11) is 0. The molecule has 0 fully saturated rings. The highest BCUT2D eigenvalue weighted by atomic mass is 32.1. The molecule has 2 aromatic rings. The minimum Gasteiger partial charge on any atom is -0.493 e. The molecule has 0 aliphatic carbocycles. The van der Waals surface area contributed by atoms with Crippen LogP contribution in [-0.4, -0.2) is 15.8 Å². The normalized spacial score (nSPS) is 11.9. The first-order valence-corrected chi connectivity index (χ1v) is 5.85. The molecule has 4 nitrogen and oxygen atoms in total. The van der Waals surface area contributed by atoms with Crippen LogP contribution in [0.3, 0.4) is 0 Å². The van der Waals surface area contributed by atoms with Gasteiger partial charge in [-0.2, -0.15) is 0 Å². The number of furan rings is 1. The van der Waals surface area contributed by atoms with Gasteiger partial charge in [0.25, 0.3) is 0 Å². The maximum Gasteiger partial charge on any atom is 0.209 e. The van der Waals surface area contributed by atoms with Gasteiger partial charge in [0.15, 0.2) is 3.95 Å². The molecule has 6 heteroatoms. The molecule has 0 unspecified atom stereocenters. The fourth-order valence-corrected chi connectivity index (χ4v) is 2.28. The van der Waals surface area contributed by atoms with Gasteiger partial charge in [-0.15, -0.1) is 0 Å². The molecular weight excluding hydrogens is 244 g/mol. The van der Waals surface area contributed by atoms with Crippen molar-refractivity contribution in [1.82, 2.24) is 4.98 Å². The Morgan fingerprint density at radius 1 is 1.69 bits per heavy atom. The van der Waals surface area contributed by atoms with E-state index in [1.807, 2.05) is 19.1 Å². The second-order valence-electron chi connectivity index (χ2n) is 3.17. The van der Waals surface area contributed by atoms with E-state index in [1.165, 1.54) is 11.3 Å². The van der Waals surface area contributed by atoms with E-state index < -0.39 is 0 Å². The van der Waals surface area contributed by atoms with Gasteiger partial charge < -0.3 is 14.5 Å². The van der Waals surface area contributed by atoms with E-state index in [0.717, 1.165) is 11.5 Å². The SMILES string of the molecule is CC(=NCc1ccco1)c1sc(=S)[nH]c1O. The van der Waals surface area contributed by atoms with Gasteiger partial charge in [-0.3, -0.25) is 4.99 Å². The molecule has 2 N–H and O–H groups in total. The van der Waals surface area contributed by atoms with Gasteiger partial charge in [-0.1, -0.05) is 11.3 Å². The van der Waals surface area contributed by atoms with Crippen molar-refractivity contribution in [3.63, 3.8) is 0 Å². The number of hydrogen-bond acceptors (Lipinski definition) is 5. The van der Waals surface area contributed by atoms with Crippen LogP contribution in [0.5, 0.6) is 5.88 Å². The first kappa shape index (κ1) is 11.1. The summed E-state index contributed by atoms with van der Waals surface area (Å²) in [5.74, 6) is 0.869. The Morgan fingerprint density at radius 2 is 2.50 bits per heavy atom. The lowest BCUT2D eigenvalue weighted by atomic mass is 10.3. The van der Waals surface area contributed by atoms with Crippen molar-refractivity contribution >= 4 is 29.3 Å². The molecule has 0 bridgehead atoms. The van der Waals surface area contributed by atoms with Gasteiger partial charge >= 0.3 is 0 Å². The summed E-state index contributed by atoms with van der Waals surface area (Å²) >= 11 is 6.24. The number of nitrogens with zero attached hydrogens (tertiary/aromatic N) is 1. The largest absolute Gasteiger partial charge is 0.493 e. The quantitative estimate of drug-likeness (QED) is 0.653. The number of thiazole rings is 1. The highest BCUT2D eigenvalue weighted by Crippen LogP contribution is 2.22. The van der Waals surface area contributed by atoms with Gasteiger partial charge in [0.2, 0.25) is 5.88 Å².